The van der Waals surface area contributed by atoms with Crippen molar-refractivity contribution in [3.8, 4) is 23.0 Å². The number of methoxy groups -OCH3 is 4. The van der Waals surface area contributed by atoms with Gasteiger partial charge in [-0.15, -0.1) is 0 Å². The summed E-state index contributed by atoms with van der Waals surface area (Å²) >= 11 is 0. The number of hydrogen-bond acceptors (Lipinski definition) is 9. The minimum atomic E-state index is -4.29. The summed E-state index contributed by atoms with van der Waals surface area (Å²) in [4.78, 5) is 27.3. The quantitative estimate of drug-likeness (QED) is 0.366. The Bertz CT molecular complexity index is 1460. The van der Waals surface area contributed by atoms with Crippen LogP contribution in [0.2, 0.25) is 0 Å². The Kier molecular flexibility index (Phi) is 8.15. The lowest BCUT2D eigenvalue weighted by atomic mass is 10.2. The number of fused-ring (bicyclic) bond motifs is 1. The van der Waals surface area contributed by atoms with Crippen LogP contribution in [0, 0.1) is 0 Å². The first-order valence-corrected chi connectivity index (χ1v) is 13.2. The number of benzene rings is 3. The number of nitrogens with zero attached hydrogens (tertiary/aromatic N) is 2. The topological polar surface area (TPSA) is 121 Å². The molecule has 11 nitrogen and oxygen atoms in total. The molecule has 0 unspecified atom stereocenters. The number of esters is 1. The predicted molar refractivity (Wildman–Crippen MR) is 142 cm³/mol. The number of amides is 1. The molecule has 4 rings (SSSR count). The van der Waals surface area contributed by atoms with Gasteiger partial charge in [-0.25, -0.2) is 13.2 Å². The molecule has 3 aromatic carbocycles. The van der Waals surface area contributed by atoms with Crippen LogP contribution in [0.15, 0.2) is 71.6 Å². The third kappa shape index (κ3) is 5.55. The van der Waals surface area contributed by atoms with Crippen LogP contribution < -0.4 is 28.2 Å². The first-order chi connectivity index (χ1) is 18.7. The second-order valence-corrected chi connectivity index (χ2v) is 10.2. The lowest BCUT2D eigenvalue weighted by Crippen LogP contribution is -2.51. The maximum atomic E-state index is 14.0. The number of anilines is 2. The van der Waals surface area contributed by atoms with Crippen LogP contribution in [0.1, 0.15) is 0 Å². The van der Waals surface area contributed by atoms with Gasteiger partial charge in [0, 0.05) is 6.07 Å². The first-order valence-electron chi connectivity index (χ1n) is 11.8. The summed E-state index contributed by atoms with van der Waals surface area (Å²) in [5, 5.41) is 0. The highest BCUT2D eigenvalue weighted by atomic mass is 32.2. The van der Waals surface area contributed by atoms with Gasteiger partial charge in [-0.1, -0.05) is 12.1 Å². The van der Waals surface area contributed by atoms with Gasteiger partial charge in [0.1, 0.15) is 18.0 Å². The van der Waals surface area contributed by atoms with E-state index in [1.807, 2.05) is 0 Å². The standard InChI is InChI=1S/C27H28N2O9S/c1-34-19-11-9-18(10-12-19)29(39(32,33)20-13-14-23(35-2)24(15-20)36-3)17-26(30)28-16-25(27(31)37-4)38-22-8-6-5-7-21(22)28/h5-15,25H,16-17H2,1-4H3/t25-/m1/s1. The molecule has 1 aliphatic heterocycles. The van der Waals surface area contributed by atoms with E-state index in [0.717, 1.165) is 4.31 Å². The van der Waals surface area contributed by atoms with Crippen LogP contribution in [0.3, 0.4) is 0 Å². The summed E-state index contributed by atoms with van der Waals surface area (Å²) < 4.78 is 55.2. The number of carbonyl (C=O) groups excluding carboxylic acids is 2. The second-order valence-electron chi connectivity index (χ2n) is 8.33. The van der Waals surface area contributed by atoms with E-state index in [2.05, 4.69) is 0 Å². The van der Waals surface area contributed by atoms with E-state index >= 15 is 0 Å². The lowest BCUT2D eigenvalue weighted by Gasteiger charge is -2.35. The molecule has 0 N–H and O–H groups in total. The zero-order chi connectivity index (χ0) is 28.2. The molecule has 1 atom stereocenters. The minimum Gasteiger partial charge on any atom is -0.497 e. The molecule has 1 amide bonds. The highest BCUT2D eigenvalue weighted by Gasteiger charge is 2.37. The minimum absolute atomic E-state index is 0.112. The summed E-state index contributed by atoms with van der Waals surface area (Å²) in [6.45, 7) is -0.736. The average molecular weight is 557 g/mol. The number of rotatable bonds is 9. The van der Waals surface area contributed by atoms with E-state index in [4.69, 9.17) is 23.7 Å². The Labute approximate surface area is 226 Å². The number of carbonyl (C=O) groups is 2. The van der Waals surface area contributed by atoms with Gasteiger partial charge in [0.2, 0.25) is 12.0 Å². The van der Waals surface area contributed by atoms with E-state index in [0.29, 0.717) is 22.9 Å². The Hall–Kier alpha value is -4.45. The first kappa shape index (κ1) is 27.6. The van der Waals surface area contributed by atoms with Crippen LogP contribution in [0.4, 0.5) is 11.4 Å². The molecule has 3 aromatic rings. The molecule has 206 valence electrons. The maximum absolute atomic E-state index is 14.0. The van der Waals surface area contributed by atoms with Crippen LogP contribution in [0.25, 0.3) is 0 Å². The third-order valence-corrected chi connectivity index (χ3v) is 7.89. The summed E-state index contributed by atoms with van der Waals surface area (Å²) in [6, 6.07) is 17.1. The summed E-state index contributed by atoms with van der Waals surface area (Å²) in [5.41, 5.74) is 0.630. The van der Waals surface area contributed by atoms with Gasteiger partial charge in [-0.05, 0) is 48.5 Å². The van der Waals surface area contributed by atoms with Crippen molar-refractivity contribution in [3.05, 3.63) is 66.7 Å². The van der Waals surface area contributed by atoms with Crippen molar-refractivity contribution in [1.82, 2.24) is 0 Å². The normalized spacial score (nSPS) is 14.5. The lowest BCUT2D eigenvalue weighted by molar-refractivity contribution is -0.148. The second kappa shape index (κ2) is 11.5. The van der Waals surface area contributed by atoms with Gasteiger partial charge >= 0.3 is 5.97 Å². The molecule has 0 spiro atoms. The number of ether oxygens (including phenoxy) is 5. The van der Waals surface area contributed by atoms with Gasteiger partial charge in [0.25, 0.3) is 10.0 Å². The van der Waals surface area contributed by atoms with Gasteiger partial charge in [0.05, 0.1) is 51.3 Å². The van der Waals surface area contributed by atoms with Crippen molar-refractivity contribution in [1.29, 1.82) is 0 Å². The average Bonchev–Trinajstić information content (AvgIpc) is 2.98. The molecule has 0 aliphatic carbocycles. The highest BCUT2D eigenvalue weighted by Crippen LogP contribution is 2.35. The Balaban J connectivity index is 1.76. The molecule has 0 radical (unpaired) electrons. The van der Waals surface area contributed by atoms with Gasteiger partial charge < -0.3 is 28.6 Å². The maximum Gasteiger partial charge on any atom is 0.348 e. The van der Waals surface area contributed by atoms with Crippen molar-refractivity contribution in [2.45, 2.75) is 11.0 Å². The van der Waals surface area contributed by atoms with Crippen molar-refractivity contribution >= 4 is 33.3 Å². The smallest absolute Gasteiger partial charge is 0.348 e. The monoisotopic (exact) mass is 556 g/mol. The SMILES string of the molecule is COC(=O)[C@H]1CN(C(=O)CN(c2ccc(OC)cc2)S(=O)(=O)c2ccc(OC)c(OC)c2)c2ccccc2O1. The van der Waals surface area contributed by atoms with E-state index in [1.165, 1.54) is 63.7 Å². The predicted octanol–water partition coefficient (Wildman–Crippen LogP) is 2.87. The summed E-state index contributed by atoms with van der Waals surface area (Å²) in [6.07, 6.45) is -1.08. The van der Waals surface area contributed by atoms with Gasteiger partial charge in [-0.3, -0.25) is 9.10 Å². The molecule has 0 bridgehead atoms. The molecule has 12 heteroatoms. The van der Waals surface area contributed by atoms with Gasteiger partial charge in [0.15, 0.2) is 11.5 Å². The number of para-hydroxylation sites is 2. The molecule has 1 aliphatic rings. The fourth-order valence-electron chi connectivity index (χ4n) is 4.10. The van der Waals surface area contributed by atoms with Crippen LogP contribution in [-0.2, 0) is 24.3 Å². The van der Waals surface area contributed by atoms with Crippen LogP contribution in [-0.4, -0.2) is 67.9 Å². The molecule has 39 heavy (non-hydrogen) atoms. The molecular weight excluding hydrogens is 528 g/mol. The van der Waals surface area contributed by atoms with Crippen LogP contribution in [0.5, 0.6) is 23.0 Å². The fourth-order valence-corrected chi connectivity index (χ4v) is 5.53. The molecule has 0 saturated heterocycles. The molecule has 1 heterocycles. The zero-order valence-corrected chi connectivity index (χ0v) is 22.6. The Morgan fingerprint density at radius 3 is 2.26 bits per heavy atom. The fraction of sp³-hybridized carbons (Fsp3) is 0.259. The van der Waals surface area contributed by atoms with Crippen molar-refractivity contribution in [3.63, 3.8) is 0 Å². The third-order valence-electron chi connectivity index (χ3n) is 6.12. The van der Waals surface area contributed by atoms with E-state index in [-0.39, 0.29) is 22.9 Å². The van der Waals surface area contributed by atoms with Crippen molar-refractivity contribution < 1.29 is 41.7 Å². The van der Waals surface area contributed by atoms with E-state index in [1.54, 1.807) is 36.4 Å². The van der Waals surface area contributed by atoms with Crippen LogP contribution >= 0.6 is 0 Å². The Morgan fingerprint density at radius 1 is 0.923 bits per heavy atom. The van der Waals surface area contributed by atoms with Crippen molar-refractivity contribution in [2.75, 3.05) is 50.7 Å². The Morgan fingerprint density at radius 2 is 1.62 bits per heavy atom. The molecular formula is C27H28N2O9S. The van der Waals surface area contributed by atoms with Gasteiger partial charge in [-0.2, -0.15) is 0 Å². The number of hydrogen-bond donors (Lipinski definition) is 0. The largest absolute Gasteiger partial charge is 0.497 e. The zero-order valence-electron chi connectivity index (χ0n) is 21.8. The van der Waals surface area contributed by atoms with E-state index < -0.39 is 34.5 Å². The molecule has 0 aromatic heterocycles. The van der Waals surface area contributed by atoms with E-state index in [9.17, 15) is 18.0 Å². The van der Waals surface area contributed by atoms with Crippen molar-refractivity contribution in [2.24, 2.45) is 0 Å². The summed E-state index contributed by atoms with van der Waals surface area (Å²) in [5.74, 6) is 0.125. The summed E-state index contributed by atoms with van der Waals surface area (Å²) in [7, 11) is 1.26. The number of sulfonamides is 1. The highest BCUT2D eigenvalue weighted by molar-refractivity contribution is 7.92. The molecule has 0 saturated carbocycles. The molecule has 0 fully saturated rings.